The lowest BCUT2D eigenvalue weighted by atomic mass is 10.0. The molecule has 0 saturated heterocycles. The van der Waals surface area contributed by atoms with Gasteiger partial charge in [-0.1, -0.05) is 29.8 Å². The van der Waals surface area contributed by atoms with Crippen molar-refractivity contribution in [3.63, 3.8) is 0 Å². The van der Waals surface area contributed by atoms with Crippen LogP contribution >= 0.6 is 11.6 Å². The van der Waals surface area contributed by atoms with E-state index in [-0.39, 0.29) is 28.1 Å². The van der Waals surface area contributed by atoms with Crippen LogP contribution in [-0.2, 0) is 0 Å². The third kappa shape index (κ3) is 3.86. The van der Waals surface area contributed by atoms with E-state index >= 15 is 0 Å². The number of rotatable bonds is 4. The number of benzene rings is 3. The number of esters is 1. The van der Waals surface area contributed by atoms with Gasteiger partial charge in [0.1, 0.15) is 5.58 Å². The molecule has 0 radical (unpaired) electrons. The van der Waals surface area contributed by atoms with Crippen molar-refractivity contribution in [3.8, 4) is 17.1 Å². The number of ether oxygens (including phenoxy) is 1. The maximum Gasteiger partial charge on any atom is 0.344 e. The Morgan fingerprint density at radius 2 is 1.75 bits per heavy atom. The first-order chi connectivity index (χ1) is 15.3. The summed E-state index contributed by atoms with van der Waals surface area (Å²) >= 11 is 6.32. The molecule has 1 heterocycles. The molecule has 0 aliphatic rings. The number of nitrogens with zero attached hydrogens (tertiary/aromatic N) is 1. The molecule has 0 spiro atoms. The highest BCUT2D eigenvalue weighted by molar-refractivity contribution is 6.33. The smallest absolute Gasteiger partial charge is 0.344 e. The number of nitro benzene ring substituents is 1. The van der Waals surface area contributed by atoms with Crippen molar-refractivity contribution in [2.45, 2.75) is 13.8 Å². The van der Waals surface area contributed by atoms with Crippen LogP contribution in [0.1, 0.15) is 21.5 Å². The summed E-state index contributed by atoms with van der Waals surface area (Å²) in [6.45, 7) is 3.74. The van der Waals surface area contributed by atoms with Crippen LogP contribution in [0, 0.1) is 24.0 Å². The van der Waals surface area contributed by atoms with E-state index in [1.807, 2.05) is 13.8 Å². The molecule has 0 atom stereocenters. The molecule has 32 heavy (non-hydrogen) atoms. The van der Waals surface area contributed by atoms with E-state index < -0.39 is 16.3 Å². The first-order valence-corrected chi connectivity index (χ1v) is 9.93. The van der Waals surface area contributed by atoms with Gasteiger partial charge in [0.15, 0.2) is 5.76 Å². The van der Waals surface area contributed by atoms with Crippen molar-refractivity contribution in [2.75, 3.05) is 0 Å². The Bertz CT molecular complexity index is 1460. The van der Waals surface area contributed by atoms with Gasteiger partial charge in [-0.25, -0.2) is 4.79 Å². The van der Waals surface area contributed by atoms with Crippen LogP contribution in [0.2, 0.25) is 5.02 Å². The second-order valence-electron chi connectivity index (χ2n) is 7.20. The van der Waals surface area contributed by atoms with E-state index in [1.54, 1.807) is 36.4 Å². The maximum atomic E-state index is 13.4. The first kappa shape index (κ1) is 21.3. The van der Waals surface area contributed by atoms with Crippen LogP contribution in [0.5, 0.6) is 5.75 Å². The lowest BCUT2D eigenvalue weighted by Crippen LogP contribution is -2.16. The standard InChI is InChI=1S/C24H16ClNO6/c1-13-10-18-20(11-14(13)2)31-22(17-8-3-4-9-19(17)25)23(21(18)27)32-24(28)15-6-5-7-16(12-15)26(29)30/h3-12H,1-2H3. The van der Waals surface area contributed by atoms with E-state index in [1.165, 1.54) is 18.2 Å². The van der Waals surface area contributed by atoms with Crippen LogP contribution in [0.3, 0.4) is 0 Å². The van der Waals surface area contributed by atoms with E-state index in [2.05, 4.69) is 0 Å². The van der Waals surface area contributed by atoms with Gasteiger partial charge in [0.2, 0.25) is 11.2 Å². The second-order valence-corrected chi connectivity index (χ2v) is 7.61. The fourth-order valence-corrected chi connectivity index (χ4v) is 3.47. The quantitative estimate of drug-likeness (QED) is 0.220. The van der Waals surface area contributed by atoms with Gasteiger partial charge in [-0.05, 0) is 55.3 Å². The Morgan fingerprint density at radius 3 is 2.47 bits per heavy atom. The Morgan fingerprint density at radius 1 is 1.03 bits per heavy atom. The van der Waals surface area contributed by atoms with Crippen LogP contribution in [-0.4, -0.2) is 10.9 Å². The van der Waals surface area contributed by atoms with Gasteiger partial charge in [-0.15, -0.1) is 0 Å². The van der Waals surface area contributed by atoms with E-state index in [4.69, 9.17) is 20.8 Å². The number of carbonyl (C=O) groups excluding carboxylic acids is 1. The summed E-state index contributed by atoms with van der Waals surface area (Å²) in [5, 5.41) is 11.6. The van der Waals surface area contributed by atoms with Crippen molar-refractivity contribution >= 4 is 34.2 Å². The van der Waals surface area contributed by atoms with Crippen molar-refractivity contribution in [2.24, 2.45) is 0 Å². The highest BCUT2D eigenvalue weighted by Gasteiger charge is 2.24. The molecule has 160 valence electrons. The number of nitro groups is 1. The third-order valence-electron chi connectivity index (χ3n) is 5.07. The number of hydrogen-bond acceptors (Lipinski definition) is 6. The molecule has 3 aromatic carbocycles. The summed E-state index contributed by atoms with van der Waals surface area (Å²) in [6.07, 6.45) is 0. The van der Waals surface area contributed by atoms with Crippen molar-refractivity contribution in [1.29, 1.82) is 0 Å². The van der Waals surface area contributed by atoms with Crippen molar-refractivity contribution in [3.05, 3.63) is 103 Å². The molecule has 7 nitrogen and oxygen atoms in total. The van der Waals surface area contributed by atoms with Gasteiger partial charge >= 0.3 is 5.97 Å². The Kier molecular flexibility index (Phi) is 5.50. The summed E-state index contributed by atoms with van der Waals surface area (Å²) < 4.78 is 11.5. The zero-order valence-corrected chi connectivity index (χ0v) is 17.8. The molecule has 4 aromatic rings. The third-order valence-corrected chi connectivity index (χ3v) is 5.40. The van der Waals surface area contributed by atoms with Gasteiger partial charge in [0.25, 0.3) is 5.69 Å². The highest BCUT2D eigenvalue weighted by atomic mass is 35.5. The summed E-state index contributed by atoms with van der Waals surface area (Å²) in [7, 11) is 0. The maximum absolute atomic E-state index is 13.4. The topological polar surface area (TPSA) is 99.7 Å². The molecule has 0 fully saturated rings. The van der Waals surface area contributed by atoms with Gasteiger partial charge in [0.05, 0.1) is 20.9 Å². The molecule has 4 rings (SSSR count). The van der Waals surface area contributed by atoms with Gasteiger partial charge in [-0.2, -0.15) is 0 Å². The van der Waals surface area contributed by atoms with Gasteiger partial charge < -0.3 is 9.15 Å². The SMILES string of the molecule is Cc1cc2oc(-c3ccccc3Cl)c(OC(=O)c3cccc([N+](=O)[O-])c3)c(=O)c2cc1C. The monoisotopic (exact) mass is 449 g/mol. The van der Waals surface area contributed by atoms with Crippen LogP contribution in [0.4, 0.5) is 5.69 Å². The molecule has 0 unspecified atom stereocenters. The lowest BCUT2D eigenvalue weighted by molar-refractivity contribution is -0.384. The molecule has 0 bridgehead atoms. The summed E-state index contributed by atoms with van der Waals surface area (Å²) in [4.78, 5) is 36.6. The molecule has 0 aliphatic heterocycles. The molecule has 0 aliphatic carbocycles. The van der Waals surface area contributed by atoms with Crippen LogP contribution in [0.15, 0.2) is 69.9 Å². The molecule has 0 saturated carbocycles. The van der Waals surface area contributed by atoms with E-state index in [0.29, 0.717) is 16.2 Å². The Hall–Kier alpha value is -3.97. The predicted octanol–water partition coefficient (Wildman–Crippen LogP) is 5.86. The number of halogens is 1. The fraction of sp³-hybridized carbons (Fsp3) is 0.0833. The summed E-state index contributed by atoms with van der Waals surface area (Å²) in [5.74, 6) is -1.28. The fourth-order valence-electron chi connectivity index (χ4n) is 3.25. The predicted molar refractivity (Wildman–Crippen MR) is 120 cm³/mol. The number of aryl methyl sites for hydroxylation is 2. The molecule has 8 heteroatoms. The second kappa shape index (κ2) is 8.28. The number of carbonyl (C=O) groups is 1. The van der Waals surface area contributed by atoms with Crippen LogP contribution in [0.25, 0.3) is 22.3 Å². The first-order valence-electron chi connectivity index (χ1n) is 9.56. The summed E-state index contributed by atoms with van der Waals surface area (Å²) in [6, 6.07) is 15.1. The largest absolute Gasteiger partial charge is 0.452 e. The average Bonchev–Trinajstić information content (AvgIpc) is 2.77. The van der Waals surface area contributed by atoms with Gasteiger partial charge in [0, 0.05) is 17.7 Å². The zero-order valence-electron chi connectivity index (χ0n) is 17.0. The van der Waals surface area contributed by atoms with Crippen LogP contribution < -0.4 is 10.2 Å². The van der Waals surface area contributed by atoms with Crippen molar-refractivity contribution < 1.29 is 18.9 Å². The van der Waals surface area contributed by atoms with E-state index in [0.717, 1.165) is 17.2 Å². The minimum absolute atomic E-state index is 0.00451. The molecule has 0 amide bonds. The average molecular weight is 450 g/mol. The summed E-state index contributed by atoms with van der Waals surface area (Å²) in [5.41, 5.74) is 1.57. The highest BCUT2D eigenvalue weighted by Crippen LogP contribution is 2.36. The Balaban J connectivity index is 1.92. The minimum Gasteiger partial charge on any atom is -0.452 e. The Labute approximate surface area is 187 Å². The lowest BCUT2D eigenvalue weighted by Gasteiger charge is -2.12. The number of non-ortho nitro benzene ring substituents is 1. The van der Waals surface area contributed by atoms with Crippen molar-refractivity contribution in [1.82, 2.24) is 0 Å². The molecule has 1 aromatic heterocycles. The zero-order chi connectivity index (χ0) is 23.0. The number of fused-ring (bicyclic) bond motifs is 1. The van der Waals surface area contributed by atoms with Gasteiger partial charge in [-0.3, -0.25) is 14.9 Å². The number of hydrogen-bond donors (Lipinski definition) is 0. The normalized spacial score (nSPS) is 10.8. The van der Waals surface area contributed by atoms with E-state index in [9.17, 15) is 19.7 Å². The molecular formula is C24H16ClNO6. The molecule has 0 N–H and O–H groups in total. The molecular weight excluding hydrogens is 434 g/mol. The minimum atomic E-state index is -0.933.